The van der Waals surface area contributed by atoms with Gasteiger partial charge in [0.2, 0.25) is 15.9 Å². The third kappa shape index (κ3) is 6.47. The molecule has 10 heteroatoms. The van der Waals surface area contributed by atoms with Crippen molar-refractivity contribution in [3.8, 4) is 5.75 Å². The number of fused-ring (bicyclic) bond motifs is 1. The van der Waals surface area contributed by atoms with E-state index in [-0.39, 0.29) is 31.7 Å². The summed E-state index contributed by atoms with van der Waals surface area (Å²) in [5.41, 5.74) is 1.50. The number of nitrogens with zero attached hydrogens (tertiary/aromatic N) is 4. The molecule has 1 amide bonds. The van der Waals surface area contributed by atoms with Gasteiger partial charge in [-0.1, -0.05) is 6.92 Å². The summed E-state index contributed by atoms with van der Waals surface area (Å²) in [6.07, 6.45) is 4.59. The van der Waals surface area contributed by atoms with Gasteiger partial charge in [0.1, 0.15) is 12.4 Å². The van der Waals surface area contributed by atoms with E-state index in [0.29, 0.717) is 35.2 Å². The SMILES string of the molecule is CCN1CCN([C@@H]2CC[C@H](N(C)C(=O)COCCN3CCCc4cc(OC)cc(C)c4S3(=O)=O)C2)CC1. The first-order valence-corrected chi connectivity index (χ1v) is 15.2. The standard InChI is InChI=1S/C27H44N4O5S/c1-5-29-11-13-30(14-12-29)24-9-8-23(19-24)28(3)26(32)20-36-16-15-31-10-6-7-22-18-25(35-4)17-21(2)27(22)37(31,33)34/h17-18,23-24H,5-16,19-20H2,1-4H3/t23-,24+/m0/s1. The highest BCUT2D eigenvalue weighted by Crippen LogP contribution is 2.32. The predicted molar refractivity (Wildman–Crippen MR) is 144 cm³/mol. The van der Waals surface area contributed by atoms with Gasteiger partial charge in [-0.15, -0.1) is 0 Å². The molecule has 3 aliphatic rings. The van der Waals surface area contributed by atoms with Crippen molar-refractivity contribution in [1.29, 1.82) is 0 Å². The monoisotopic (exact) mass is 536 g/mol. The Morgan fingerprint density at radius 2 is 1.89 bits per heavy atom. The van der Waals surface area contributed by atoms with Gasteiger partial charge in [0.15, 0.2) is 0 Å². The average Bonchev–Trinajstić information content (AvgIpc) is 3.34. The number of benzene rings is 1. The quantitative estimate of drug-likeness (QED) is 0.447. The lowest BCUT2D eigenvalue weighted by Crippen LogP contribution is -2.50. The highest BCUT2D eigenvalue weighted by Gasteiger charge is 2.35. The molecule has 2 fully saturated rings. The number of rotatable bonds is 9. The Morgan fingerprint density at radius 1 is 1.14 bits per heavy atom. The number of hydrogen-bond donors (Lipinski definition) is 0. The second-order valence-corrected chi connectivity index (χ2v) is 12.5. The predicted octanol–water partition coefficient (Wildman–Crippen LogP) is 1.97. The number of sulfonamides is 1. The van der Waals surface area contributed by atoms with E-state index in [2.05, 4.69) is 16.7 Å². The molecular weight excluding hydrogens is 492 g/mol. The van der Waals surface area contributed by atoms with Crippen LogP contribution in [0.2, 0.25) is 0 Å². The maximum absolute atomic E-state index is 13.4. The first-order valence-electron chi connectivity index (χ1n) is 13.7. The Balaban J connectivity index is 1.24. The fraction of sp³-hybridized carbons (Fsp3) is 0.741. The molecule has 0 spiro atoms. The van der Waals surface area contributed by atoms with Crippen LogP contribution in [-0.4, -0.2) is 119 Å². The lowest BCUT2D eigenvalue weighted by molar-refractivity contribution is -0.136. The number of ether oxygens (including phenoxy) is 2. The van der Waals surface area contributed by atoms with E-state index in [1.54, 1.807) is 13.2 Å². The van der Waals surface area contributed by atoms with E-state index in [9.17, 15) is 13.2 Å². The molecule has 2 atom stereocenters. The van der Waals surface area contributed by atoms with Crippen LogP contribution in [0, 0.1) is 6.92 Å². The molecule has 37 heavy (non-hydrogen) atoms. The average molecular weight is 537 g/mol. The number of carbonyl (C=O) groups excluding carboxylic acids is 1. The summed E-state index contributed by atoms with van der Waals surface area (Å²) in [4.78, 5) is 20.1. The van der Waals surface area contributed by atoms with Gasteiger partial charge < -0.3 is 19.3 Å². The molecule has 0 aromatic heterocycles. The number of likely N-dealkylation sites (N-methyl/N-ethyl adjacent to an activating group) is 2. The molecule has 9 nitrogen and oxygen atoms in total. The van der Waals surface area contributed by atoms with Crippen molar-refractivity contribution in [2.45, 2.75) is 62.9 Å². The number of hydrogen-bond acceptors (Lipinski definition) is 7. The number of aryl methyl sites for hydroxylation is 2. The lowest BCUT2D eigenvalue weighted by Gasteiger charge is -2.38. The molecule has 0 radical (unpaired) electrons. The van der Waals surface area contributed by atoms with E-state index >= 15 is 0 Å². The van der Waals surface area contributed by atoms with Crippen LogP contribution in [0.1, 0.15) is 43.7 Å². The smallest absolute Gasteiger partial charge is 0.248 e. The molecule has 1 saturated heterocycles. The molecule has 1 aromatic rings. The van der Waals surface area contributed by atoms with Gasteiger partial charge in [-0.2, -0.15) is 4.31 Å². The first kappa shape index (κ1) is 28.3. The molecule has 1 saturated carbocycles. The van der Waals surface area contributed by atoms with Crippen molar-refractivity contribution < 1.29 is 22.7 Å². The fourth-order valence-electron chi connectivity index (χ4n) is 6.10. The maximum Gasteiger partial charge on any atom is 0.248 e. The van der Waals surface area contributed by atoms with Gasteiger partial charge in [0.25, 0.3) is 0 Å². The minimum atomic E-state index is -3.63. The van der Waals surface area contributed by atoms with Crippen LogP contribution in [-0.2, 0) is 26.0 Å². The minimum Gasteiger partial charge on any atom is -0.497 e. The van der Waals surface area contributed by atoms with Gasteiger partial charge in [-0.3, -0.25) is 9.69 Å². The Morgan fingerprint density at radius 3 is 2.59 bits per heavy atom. The third-order valence-corrected chi connectivity index (χ3v) is 10.6. The largest absolute Gasteiger partial charge is 0.497 e. The summed E-state index contributed by atoms with van der Waals surface area (Å²) in [5, 5.41) is 0. The third-order valence-electron chi connectivity index (χ3n) is 8.41. The molecule has 0 bridgehead atoms. The molecule has 1 aromatic carbocycles. The van der Waals surface area contributed by atoms with E-state index in [0.717, 1.165) is 64.0 Å². The van der Waals surface area contributed by atoms with Crippen LogP contribution in [0.25, 0.3) is 0 Å². The van der Waals surface area contributed by atoms with E-state index in [4.69, 9.17) is 9.47 Å². The van der Waals surface area contributed by atoms with Crippen molar-refractivity contribution in [1.82, 2.24) is 19.0 Å². The van der Waals surface area contributed by atoms with E-state index in [1.165, 1.54) is 4.31 Å². The number of carbonyl (C=O) groups is 1. The Hall–Kier alpha value is -1.72. The number of methoxy groups -OCH3 is 1. The summed E-state index contributed by atoms with van der Waals surface area (Å²) in [5.74, 6) is 0.645. The highest BCUT2D eigenvalue weighted by atomic mass is 32.2. The van der Waals surface area contributed by atoms with Crippen LogP contribution in [0.15, 0.2) is 17.0 Å². The van der Waals surface area contributed by atoms with Gasteiger partial charge in [-0.05, 0) is 68.8 Å². The molecule has 0 unspecified atom stereocenters. The number of amides is 1. The molecule has 0 N–H and O–H groups in total. The van der Waals surface area contributed by atoms with E-state index < -0.39 is 10.0 Å². The fourth-order valence-corrected chi connectivity index (χ4v) is 8.01. The van der Waals surface area contributed by atoms with Crippen molar-refractivity contribution in [3.05, 3.63) is 23.3 Å². The maximum atomic E-state index is 13.4. The summed E-state index contributed by atoms with van der Waals surface area (Å²) in [7, 11) is -0.165. The number of piperazine rings is 1. The van der Waals surface area contributed by atoms with Crippen LogP contribution < -0.4 is 4.74 Å². The zero-order valence-electron chi connectivity index (χ0n) is 22.9. The van der Waals surface area contributed by atoms with E-state index in [1.807, 2.05) is 24.9 Å². The van der Waals surface area contributed by atoms with Crippen LogP contribution in [0.3, 0.4) is 0 Å². The summed E-state index contributed by atoms with van der Waals surface area (Å²) >= 11 is 0. The topological polar surface area (TPSA) is 82.6 Å². The molecule has 2 heterocycles. The van der Waals surface area contributed by atoms with Crippen molar-refractivity contribution in [2.24, 2.45) is 0 Å². The molecule has 4 rings (SSSR count). The Kier molecular flexibility index (Phi) is 9.50. The summed E-state index contributed by atoms with van der Waals surface area (Å²) < 4.78 is 39.3. The van der Waals surface area contributed by atoms with Crippen molar-refractivity contribution in [3.63, 3.8) is 0 Å². The highest BCUT2D eigenvalue weighted by molar-refractivity contribution is 7.89. The van der Waals surface area contributed by atoms with Crippen molar-refractivity contribution in [2.75, 3.05) is 73.2 Å². The summed E-state index contributed by atoms with van der Waals surface area (Å²) in [6.45, 7) is 10.5. The zero-order valence-corrected chi connectivity index (χ0v) is 23.8. The van der Waals surface area contributed by atoms with Crippen molar-refractivity contribution >= 4 is 15.9 Å². The first-order chi connectivity index (χ1) is 17.7. The second kappa shape index (κ2) is 12.4. The van der Waals surface area contributed by atoms with Crippen LogP contribution in [0.4, 0.5) is 0 Å². The van der Waals surface area contributed by atoms with Gasteiger partial charge in [0.05, 0.1) is 18.6 Å². The zero-order chi connectivity index (χ0) is 26.6. The second-order valence-electron chi connectivity index (χ2n) is 10.6. The lowest BCUT2D eigenvalue weighted by atomic mass is 10.1. The van der Waals surface area contributed by atoms with Gasteiger partial charge >= 0.3 is 0 Å². The van der Waals surface area contributed by atoms with Gasteiger partial charge in [0, 0.05) is 58.4 Å². The minimum absolute atomic E-state index is 0.0203. The molecule has 2 aliphatic heterocycles. The Bertz CT molecular complexity index is 1040. The Labute approximate surface area is 222 Å². The normalized spacial score (nSPS) is 25.0. The van der Waals surface area contributed by atoms with Crippen LogP contribution >= 0.6 is 0 Å². The summed E-state index contributed by atoms with van der Waals surface area (Å²) in [6, 6.07) is 4.39. The van der Waals surface area contributed by atoms with Crippen LogP contribution in [0.5, 0.6) is 5.75 Å². The molecular formula is C27H44N4O5S. The van der Waals surface area contributed by atoms with Gasteiger partial charge in [-0.25, -0.2) is 8.42 Å². The molecule has 208 valence electrons. The molecule has 1 aliphatic carbocycles.